The van der Waals surface area contributed by atoms with Gasteiger partial charge in [0.15, 0.2) is 27.1 Å². The lowest BCUT2D eigenvalue weighted by molar-refractivity contribution is 0.103. The number of benzene rings is 1. The summed E-state index contributed by atoms with van der Waals surface area (Å²) >= 11 is 0. The van der Waals surface area contributed by atoms with E-state index in [1.54, 1.807) is 18.2 Å². The van der Waals surface area contributed by atoms with E-state index in [-0.39, 0.29) is 24.1 Å². The fourth-order valence-electron chi connectivity index (χ4n) is 1.96. The van der Waals surface area contributed by atoms with E-state index < -0.39 is 9.84 Å². The molecule has 2 heterocycles. The van der Waals surface area contributed by atoms with Crippen LogP contribution in [0.1, 0.15) is 10.4 Å². The number of Topliss-reactive ketones (excluding diaryl/α,β-unsaturated/α-hetero) is 1. The largest absolute Gasteiger partial charge is 0.454 e. The molecule has 0 fully saturated rings. The van der Waals surface area contributed by atoms with Crippen molar-refractivity contribution in [1.29, 1.82) is 0 Å². The average molecular weight is 266 g/mol. The second-order valence-electron chi connectivity index (χ2n) is 4.18. The van der Waals surface area contributed by atoms with E-state index in [1.165, 1.54) is 6.08 Å². The molecule has 6 heteroatoms. The van der Waals surface area contributed by atoms with Crippen LogP contribution in [0.5, 0.6) is 11.5 Å². The maximum Gasteiger partial charge on any atom is 0.231 e. The van der Waals surface area contributed by atoms with Crippen LogP contribution >= 0.6 is 0 Å². The molecule has 0 bridgehead atoms. The van der Waals surface area contributed by atoms with Gasteiger partial charge in [0.25, 0.3) is 0 Å². The van der Waals surface area contributed by atoms with Crippen LogP contribution < -0.4 is 9.47 Å². The van der Waals surface area contributed by atoms with Gasteiger partial charge in [0.2, 0.25) is 6.79 Å². The summed E-state index contributed by atoms with van der Waals surface area (Å²) in [6, 6.07) is 4.84. The van der Waals surface area contributed by atoms with Gasteiger partial charge in [-0.1, -0.05) is 6.08 Å². The summed E-state index contributed by atoms with van der Waals surface area (Å²) in [6.45, 7) is 0.143. The predicted octanol–water partition coefficient (Wildman–Crippen LogP) is 0.953. The zero-order valence-electron chi connectivity index (χ0n) is 9.38. The standard InChI is InChI=1S/C12H10O5S/c13-12(9-3-4-18(14,15)6-9)8-1-2-10-11(5-8)17-7-16-10/h1-3,5H,4,6-7H2. The van der Waals surface area contributed by atoms with Crippen LogP contribution in [0, 0.1) is 0 Å². The van der Waals surface area contributed by atoms with Gasteiger partial charge in [-0.05, 0) is 18.2 Å². The number of hydrogen-bond acceptors (Lipinski definition) is 5. The number of sulfone groups is 1. The average Bonchev–Trinajstić information content (AvgIpc) is 2.93. The first kappa shape index (κ1) is 11.3. The van der Waals surface area contributed by atoms with Crippen molar-refractivity contribution in [2.45, 2.75) is 0 Å². The maximum atomic E-state index is 12.1. The Labute approximate surface area is 104 Å². The fourth-order valence-corrected chi connectivity index (χ4v) is 3.26. The van der Waals surface area contributed by atoms with Gasteiger partial charge < -0.3 is 9.47 Å². The normalized spacial score (nSPS) is 19.7. The molecule has 0 atom stereocenters. The van der Waals surface area contributed by atoms with Gasteiger partial charge in [-0.2, -0.15) is 0 Å². The summed E-state index contributed by atoms with van der Waals surface area (Å²) < 4.78 is 33.0. The van der Waals surface area contributed by atoms with Crippen LogP contribution in [-0.2, 0) is 9.84 Å². The van der Waals surface area contributed by atoms with Crippen molar-refractivity contribution in [3.63, 3.8) is 0 Å². The number of ether oxygens (including phenoxy) is 2. The third-order valence-corrected chi connectivity index (χ3v) is 4.31. The van der Waals surface area contributed by atoms with Crippen molar-refractivity contribution in [2.75, 3.05) is 18.3 Å². The van der Waals surface area contributed by atoms with Gasteiger partial charge in [-0.15, -0.1) is 0 Å². The Hall–Kier alpha value is -1.82. The van der Waals surface area contributed by atoms with Crippen molar-refractivity contribution in [3.8, 4) is 11.5 Å². The lowest BCUT2D eigenvalue weighted by Gasteiger charge is -2.02. The van der Waals surface area contributed by atoms with Gasteiger partial charge in [0, 0.05) is 11.1 Å². The number of carbonyl (C=O) groups is 1. The molecule has 94 valence electrons. The second-order valence-corrected chi connectivity index (χ2v) is 6.29. The number of fused-ring (bicyclic) bond motifs is 1. The molecular weight excluding hydrogens is 256 g/mol. The Kier molecular flexibility index (Phi) is 2.41. The number of ketones is 1. The number of rotatable bonds is 2. The smallest absolute Gasteiger partial charge is 0.231 e. The SMILES string of the molecule is O=C(C1=CCS(=O)(=O)C1)c1ccc2c(c1)OCO2. The van der Waals surface area contributed by atoms with Crippen molar-refractivity contribution in [2.24, 2.45) is 0 Å². The summed E-state index contributed by atoms with van der Waals surface area (Å²) in [5, 5.41) is 0. The molecular formula is C12H10O5S. The molecule has 2 aliphatic heterocycles. The van der Waals surface area contributed by atoms with Crippen LogP contribution in [0.3, 0.4) is 0 Å². The van der Waals surface area contributed by atoms with E-state index in [9.17, 15) is 13.2 Å². The summed E-state index contributed by atoms with van der Waals surface area (Å²) in [4.78, 5) is 12.1. The van der Waals surface area contributed by atoms with Gasteiger partial charge in [-0.3, -0.25) is 4.79 Å². The number of carbonyl (C=O) groups excluding carboxylic acids is 1. The monoisotopic (exact) mass is 266 g/mol. The quantitative estimate of drug-likeness (QED) is 0.745. The van der Waals surface area contributed by atoms with Crippen molar-refractivity contribution < 1.29 is 22.7 Å². The molecule has 2 aliphatic rings. The third kappa shape index (κ3) is 1.88. The van der Waals surface area contributed by atoms with Crippen LogP contribution in [0.15, 0.2) is 29.8 Å². The van der Waals surface area contributed by atoms with E-state index in [4.69, 9.17) is 9.47 Å². The van der Waals surface area contributed by atoms with Crippen molar-refractivity contribution in [3.05, 3.63) is 35.4 Å². The first-order valence-electron chi connectivity index (χ1n) is 5.39. The fraction of sp³-hybridized carbons (Fsp3) is 0.250. The lowest BCUT2D eigenvalue weighted by atomic mass is 10.0. The van der Waals surface area contributed by atoms with E-state index in [0.29, 0.717) is 22.6 Å². The predicted molar refractivity (Wildman–Crippen MR) is 63.6 cm³/mol. The Balaban J connectivity index is 1.90. The molecule has 0 amide bonds. The maximum absolute atomic E-state index is 12.1. The summed E-state index contributed by atoms with van der Waals surface area (Å²) in [7, 11) is -3.13. The minimum atomic E-state index is -3.13. The molecule has 1 aromatic carbocycles. The van der Waals surface area contributed by atoms with Gasteiger partial charge in [0.1, 0.15) is 0 Å². The molecule has 3 rings (SSSR count). The highest BCUT2D eigenvalue weighted by Gasteiger charge is 2.26. The van der Waals surface area contributed by atoms with Gasteiger partial charge >= 0.3 is 0 Å². The van der Waals surface area contributed by atoms with Crippen molar-refractivity contribution >= 4 is 15.6 Å². The highest BCUT2D eigenvalue weighted by atomic mass is 32.2. The molecule has 0 N–H and O–H groups in total. The summed E-state index contributed by atoms with van der Waals surface area (Å²) in [5.41, 5.74) is 0.747. The molecule has 0 radical (unpaired) electrons. The Morgan fingerprint density at radius 1 is 1.17 bits per heavy atom. The minimum absolute atomic E-state index is 0.0569. The third-order valence-electron chi connectivity index (χ3n) is 2.89. The van der Waals surface area contributed by atoms with Gasteiger partial charge in [0.05, 0.1) is 11.5 Å². The summed E-state index contributed by atoms with van der Waals surface area (Å²) in [6.07, 6.45) is 1.47. The highest BCUT2D eigenvalue weighted by molar-refractivity contribution is 7.92. The van der Waals surface area contributed by atoms with Gasteiger partial charge in [-0.25, -0.2) is 8.42 Å². The molecule has 0 aliphatic carbocycles. The Morgan fingerprint density at radius 2 is 1.94 bits per heavy atom. The van der Waals surface area contributed by atoms with Crippen LogP contribution in [0.2, 0.25) is 0 Å². The molecule has 0 spiro atoms. The Bertz CT molecular complexity index is 657. The molecule has 0 saturated heterocycles. The zero-order valence-corrected chi connectivity index (χ0v) is 10.2. The number of hydrogen-bond donors (Lipinski definition) is 0. The molecule has 0 aromatic heterocycles. The van der Waals surface area contributed by atoms with Crippen LogP contribution in [-0.4, -0.2) is 32.5 Å². The van der Waals surface area contributed by atoms with E-state index in [2.05, 4.69) is 0 Å². The minimum Gasteiger partial charge on any atom is -0.454 e. The first-order valence-corrected chi connectivity index (χ1v) is 7.21. The molecule has 0 saturated carbocycles. The first-order chi connectivity index (χ1) is 8.55. The lowest BCUT2D eigenvalue weighted by Crippen LogP contribution is -2.09. The van der Waals surface area contributed by atoms with E-state index in [1.807, 2.05) is 0 Å². The molecule has 1 aromatic rings. The molecule has 18 heavy (non-hydrogen) atoms. The highest BCUT2D eigenvalue weighted by Crippen LogP contribution is 2.33. The van der Waals surface area contributed by atoms with Crippen LogP contribution in [0.25, 0.3) is 0 Å². The van der Waals surface area contributed by atoms with E-state index >= 15 is 0 Å². The van der Waals surface area contributed by atoms with Crippen molar-refractivity contribution in [1.82, 2.24) is 0 Å². The molecule has 5 nitrogen and oxygen atoms in total. The topological polar surface area (TPSA) is 69.7 Å². The van der Waals surface area contributed by atoms with E-state index in [0.717, 1.165) is 0 Å². The second kappa shape index (κ2) is 3.84. The summed E-state index contributed by atoms with van der Waals surface area (Å²) in [5.74, 6) is 0.607. The zero-order chi connectivity index (χ0) is 12.8. The molecule has 0 unspecified atom stereocenters. The Morgan fingerprint density at radius 3 is 2.67 bits per heavy atom. The van der Waals surface area contributed by atoms with Crippen LogP contribution in [0.4, 0.5) is 0 Å².